The van der Waals surface area contributed by atoms with Crippen molar-refractivity contribution in [2.24, 2.45) is 11.8 Å². The molecule has 2 aliphatic heterocycles. The molecule has 2 aromatic carbocycles. The van der Waals surface area contributed by atoms with E-state index in [0.29, 0.717) is 6.61 Å². The summed E-state index contributed by atoms with van der Waals surface area (Å²) >= 11 is 7.19. The Hall–Kier alpha value is -1.43. The molecule has 1 saturated heterocycles. The van der Waals surface area contributed by atoms with Gasteiger partial charge in [0.25, 0.3) is 0 Å². The van der Waals surface area contributed by atoms with Gasteiger partial charge in [0, 0.05) is 26.4 Å². The molecular formula is C21H16Br2O3. The van der Waals surface area contributed by atoms with Crippen LogP contribution in [0.3, 0.4) is 0 Å². The molecule has 2 heterocycles. The molecular weight excluding hydrogens is 460 g/mol. The molecule has 0 amide bonds. The minimum atomic E-state index is -0.207. The quantitative estimate of drug-likeness (QED) is 0.542. The van der Waals surface area contributed by atoms with E-state index < -0.39 is 0 Å². The van der Waals surface area contributed by atoms with Crippen molar-refractivity contribution in [3.8, 4) is 0 Å². The third-order valence-corrected chi connectivity index (χ3v) is 7.45. The van der Waals surface area contributed by atoms with E-state index >= 15 is 0 Å². The van der Waals surface area contributed by atoms with E-state index in [0.717, 1.165) is 25.7 Å². The van der Waals surface area contributed by atoms with Crippen LogP contribution in [0.1, 0.15) is 35.8 Å². The number of fused-ring (bicyclic) bond motifs is 8. The molecule has 0 saturated carbocycles. The fourth-order valence-electron chi connectivity index (χ4n) is 4.65. The summed E-state index contributed by atoms with van der Waals surface area (Å²) in [6.07, 6.45) is -0.0750. The van der Waals surface area contributed by atoms with Gasteiger partial charge in [-0.05, 0) is 73.2 Å². The van der Waals surface area contributed by atoms with Crippen LogP contribution in [0.4, 0.5) is 0 Å². The molecule has 3 aliphatic rings. The topological polar surface area (TPSA) is 35.5 Å². The molecule has 26 heavy (non-hydrogen) atoms. The van der Waals surface area contributed by atoms with E-state index in [9.17, 15) is 4.79 Å². The summed E-state index contributed by atoms with van der Waals surface area (Å²) in [6.45, 7) is 2.23. The van der Waals surface area contributed by atoms with Gasteiger partial charge in [-0.2, -0.15) is 0 Å². The van der Waals surface area contributed by atoms with E-state index in [1.54, 1.807) is 0 Å². The zero-order valence-electron chi connectivity index (χ0n) is 14.0. The Kier molecular flexibility index (Phi) is 3.89. The maximum absolute atomic E-state index is 12.7. The predicted molar refractivity (Wildman–Crippen MR) is 105 cm³/mol. The lowest BCUT2D eigenvalue weighted by atomic mass is 9.58. The van der Waals surface area contributed by atoms with Crippen LogP contribution in [0.25, 0.3) is 5.57 Å². The second kappa shape index (κ2) is 6.04. The van der Waals surface area contributed by atoms with E-state index in [1.807, 2.05) is 25.1 Å². The number of ether oxygens (including phenoxy) is 2. The van der Waals surface area contributed by atoms with Gasteiger partial charge in [0.05, 0.1) is 18.8 Å². The molecule has 4 atom stereocenters. The van der Waals surface area contributed by atoms with Crippen molar-refractivity contribution in [1.29, 1.82) is 0 Å². The summed E-state index contributed by atoms with van der Waals surface area (Å²) in [5.74, 6) is 0.0821. The molecule has 132 valence electrons. The maximum atomic E-state index is 12.7. The van der Waals surface area contributed by atoms with Gasteiger partial charge in [-0.3, -0.25) is 0 Å². The number of benzene rings is 2. The molecule has 1 fully saturated rings. The third-order valence-electron chi connectivity index (χ3n) is 5.61. The van der Waals surface area contributed by atoms with Gasteiger partial charge in [-0.25, -0.2) is 4.79 Å². The Balaban J connectivity index is 1.64. The first-order chi connectivity index (χ1) is 12.6. The van der Waals surface area contributed by atoms with Crippen molar-refractivity contribution in [2.45, 2.75) is 19.1 Å². The van der Waals surface area contributed by atoms with Crippen molar-refractivity contribution in [3.63, 3.8) is 0 Å². The van der Waals surface area contributed by atoms with Crippen molar-refractivity contribution >= 4 is 43.4 Å². The summed E-state index contributed by atoms with van der Waals surface area (Å²) in [5.41, 5.74) is 5.38. The maximum Gasteiger partial charge on any atom is 0.334 e. The standard InChI is InChI=1S/C21H16Br2O3/c1-2-25-21(24)18-15(10-6-4-3-5-7-10)16-17(18)20-12-9-14(23)13(22)8-11(12)19(16)26-20/h3-9,16-17,19-20H,2H2,1H3/t16-,17-,19+,20-/m1/s1. The summed E-state index contributed by atoms with van der Waals surface area (Å²) in [7, 11) is 0. The number of hydrogen-bond acceptors (Lipinski definition) is 3. The smallest absolute Gasteiger partial charge is 0.334 e. The van der Waals surface area contributed by atoms with Crippen LogP contribution in [0.15, 0.2) is 57.0 Å². The van der Waals surface area contributed by atoms with Gasteiger partial charge >= 0.3 is 5.97 Å². The Morgan fingerprint density at radius 2 is 1.65 bits per heavy atom. The number of halogens is 2. The average molecular weight is 476 g/mol. The molecule has 2 aromatic rings. The van der Waals surface area contributed by atoms with Crippen molar-refractivity contribution in [2.75, 3.05) is 6.61 Å². The van der Waals surface area contributed by atoms with E-state index in [4.69, 9.17) is 9.47 Å². The van der Waals surface area contributed by atoms with E-state index in [-0.39, 0.29) is 30.0 Å². The highest BCUT2D eigenvalue weighted by Crippen LogP contribution is 2.69. The molecule has 2 bridgehead atoms. The number of rotatable bonds is 3. The molecule has 5 heteroatoms. The second-order valence-corrected chi connectivity index (χ2v) is 8.55. The van der Waals surface area contributed by atoms with Gasteiger partial charge in [0.15, 0.2) is 0 Å². The SMILES string of the molecule is CCOC(=O)C1=C(c2ccccc2)[C@@H]2[C@H]1[C@@H]1O[C@H]2c2cc(Br)c(Br)cc21. The summed E-state index contributed by atoms with van der Waals surface area (Å²) in [4.78, 5) is 12.7. The van der Waals surface area contributed by atoms with Gasteiger partial charge in [-0.15, -0.1) is 0 Å². The molecule has 3 nitrogen and oxygen atoms in total. The van der Waals surface area contributed by atoms with Crippen molar-refractivity contribution in [1.82, 2.24) is 0 Å². The van der Waals surface area contributed by atoms with Crippen LogP contribution in [-0.4, -0.2) is 12.6 Å². The number of hydrogen-bond donors (Lipinski definition) is 0. The van der Waals surface area contributed by atoms with Crippen LogP contribution in [0.5, 0.6) is 0 Å². The second-order valence-electron chi connectivity index (χ2n) is 6.84. The summed E-state index contributed by atoms with van der Waals surface area (Å²) in [5, 5.41) is 0. The largest absolute Gasteiger partial charge is 0.463 e. The van der Waals surface area contributed by atoms with Gasteiger partial charge in [0.1, 0.15) is 0 Å². The number of carbonyl (C=O) groups is 1. The molecule has 1 aliphatic carbocycles. The van der Waals surface area contributed by atoms with Crippen molar-refractivity contribution in [3.05, 3.63) is 73.7 Å². The van der Waals surface area contributed by atoms with E-state index in [2.05, 4.69) is 56.1 Å². The molecule has 5 rings (SSSR count). The zero-order chi connectivity index (χ0) is 18.0. The van der Waals surface area contributed by atoms with E-state index in [1.165, 1.54) is 11.1 Å². The van der Waals surface area contributed by atoms with Crippen LogP contribution in [-0.2, 0) is 14.3 Å². The Labute approximate surface area is 168 Å². The normalized spacial score (nSPS) is 27.8. The molecule has 0 spiro atoms. The Bertz CT molecular complexity index is 951. The summed E-state index contributed by atoms with van der Waals surface area (Å²) in [6, 6.07) is 14.4. The van der Waals surface area contributed by atoms with Gasteiger partial charge < -0.3 is 9.47 Å². The molecule has 0 unspecified atom stereocenters. The minimum Gasteiger partial charge on any atom is -0.463 e. The first-order valence-electron chi connectivity index (χ1n) is 8.72. The number of esters is 1. The minimum absolute atomic E-state index is 0.00205. The monoisotopic (exact) mass is 474 g/mol. The highest BCUT2D eigenvalue weighted by molar-refractivity contribution is 9.13. The first-order valence-corrected chi connectivity index (χ1v) is 10.3. The van der Waals surface area contributed by atoms with Gasteiger partial charge in [0.2, 0.25) is 0 Å². The lowest BCUT2D eigenvalue weighted by Crippen LogP contribution is -2.38. The first kappa shape index (κ1) is 16.7. The lowest BCUT2D eigenvalue weighted by Gasteiger charge is -2.42. The number of carbonyl (C=O) groups excluding carboxylic acids is 1. The average Bonchev–Trinajstić information content (AvgIpc) is 3.09. The van der Waals surface area contributed by atoms with Crippen LogP contribution < -0.4 is 0 Å². The Morgan fingerprint density at radius 3 is 2.27 bits per heavy atom. The van der Waals surface area contributed by atoms with Crippen molar-refractivity contribution < 1.29 is 14.3 Å². The lowest BCUT2D eigenvalue weighted by molar-refractivity contribution is -0.139. The predicted octanol–water partition coefficient (Wildman–Crippen LogP) is 5.60. The third kappa shape index (κ3) is 2.17. The molecule has 0 aromatic heterocycles. The van der Waals surface area contributed by atoms with Crippen LogP contribution in [0.2, 0.25) is 0 Å². The van der Waals surface area contributed by atoms with Crippen LogP contribution in [0, 0.1) is 11.8 Å². The Morgan fingerprint density at radius 1 is 1.04 bits per heavy atom. The zero-order valence-corrected chi connectivity index (χ0v) is 17.2. The molecule has 0 N–H and O–H groups in total. The van der Waals surface area contributed by atoms with Gasteiger partial charge in [-0.1, -0.05) is 30.3 Å². The fraction of sp³-hybridized carbons (Fsp3) is 0.286. The fourth-order valence-corrected chi connectivity index (χ4v) is 5.38. The highest BCUT2D eigenvalue weighted by Gasteiger charge is 2.62. The summed E-state index contributed by atoms with van der Waals surface area (Å²) < 4.78 is 13.8. The highest BCUT2D eigenvalue weighted by atomic mass is 79.9. The van der Waals surface area contributed by atoms with Crippen LogP contribution >= 0.6 is 31.9 Å². The molecule has 0 radical (unpaired) electrons.